The maximum absolute atomic E-state index is 12.5. The number of hydrogen-bond donors (Lipinski definition) is 1. The van der Waals surface area contributed by atoms with Crippen LogP contribution < -0.4 is 0 Å². The Labute approximate surface area is 84.2 Å². The number of aliphatic hydroxyl groups is 1. The molecule has 0 fully saturated rings. The van der Waals surface area contributed by atoms with Gasteiger partial charge in [0, 0.05) is 0 Å². The molecular weight excluding hydrogens is 179 g/mol. The lowest BCUT2D eigenvalue weighted by atomic mass is 10.1. The SMILES string of the molecule is C/C(O)=C(\C)c1ccc(F)cc1.C=C. The van der Waals surface area contributed by atoms with Gasteiger partial charge in [-0.3, -0.25) is 0 Å². The number of allylic oxidation sites excluding steroid dienone is 2. The van der Waals surface area contributed by atoms with Gasteiger partial charge in [0.2, 0.25) is 0 Å². The molecule has 14 heavy (non-hydrogen) atoms. The van der Waals surface area contributed by atoms with E-state index in [0.717, 1.165) is 11.1 Å². The van der Waals surface area contributed by atoms with Crippen molar-refractivity contribution in [3.05, 3.63) is 54.6 Å². The van der Waals surface area contributed by atoms with E-state index in [0.29, 0.717) is 0 Å². The molecule has 0 amide bonds. The van der Waals surface area contributed by atoms with Gasteiger partial charge in [-0.25, -0.2) is 4.39 Å². The highest BCUT2D eigenvalue weighted by Crippen LogP contribution is 2.16. The lowest BCUT2D eigenvalue weighted by Gasteiger charge is -2.01. The smallest absolute Gasteiger partial charge is 0.123 e. The number of aliphatic hydroxyl groups excluding tert-OH is 1. The Balaban J connectivity index is 0.000000791. The molecule has 0 bridgehead atoms. The number of rotatable bonds is 1. The third-order valence-electron chi connectivity index (χ3n) is 1.82. The Kier molecular flexibility index (Phi) is 5.30. The van der Waals surface area contributed by atoms with Crippen LogP contribution in [0.25, 0.3) is 5.57 Å². The van der Waals surface area contributed by atoms with Crippen LogP contribution in [-0.4, -0.2) is 5.11 Å². The summed E-state index contributed by atoms with van der Waals surface area (Å²) in [5.41, 5.74) is 1.62. The van der Waals surface area contributed by atoms with Gasteiger partial charge in [0.1, 0.15) is 5.82 Å². The first-order valence-corrected chi connectivity index (χ1v) is 4.23. The molecule has 0 aromatic heterocycles. The Hall–Kier alpha value is -1.57. The summed E-state index contributed by atoms with van der Waals surface area (Å²) in [6.07, 6.45) is 0. The van der Waals surface area contributed by atoms with Crippen LogP contribution in [0.5, 0.6) is 0 Å². The molecule has 0 spiro atoms. The van der Waals surface area contributed by atoms with Crippen molar-refractivity contribution < 1.29 is 9.50 Å². The second kappa shape index (κ2) is 5.97. The summed E-state index contributed by atoms with van der Waals surface area (Å²) in [5.74, 6) is 0.00347. The molecule has 0 radical (unpaired) electrons. The van der Waals surface area contributed by atoms with E-state index in [1.807, 2.05) is 0 Å². The summed E-state index contributed by atoms with van der Waals surface area (Å²) in [4.78, 5) is 0. The molecule has 1 rings (SSSR count). The predicted molar refractivity (Wildman–Crippen MR) is 58.6 cm³/mol. The third kappa shape index (κ3) is 3.44. The Morgan fingerprint density at radius 3 is 1.93 bits per heavy atom. The number of hydrogen-bond acceptors (Lipinski definition) is 1. The minimum absolute atomic E-state index is 0.262. The first kappa shape index (κ1) is 12.4. The summed E-state index contributed by atoms with van der Waals surface area (Å²) in [5, 5.41) is 9.13. The van der Waals surface area contributed by atoms with E-state index in [1.54, 1.807) is 26.0 Å². The van der Waals surface area contributed by atoms with Crippen LogP contribution in [0, 0.1) is 5.82 Å². The summed E-state index contributed by atoms with van der Waals surface area (Å²) < 4.78 is 12.5. The summed E-state index contributed by atoms with van der Waals surface area (Å²) >= 11 is 0. The van der Waals surface area contributed by atoms with Crippen LogP contribution in [-0.2, 0) is 0 Å². The highest BCUT2D eigenvalue weighted by Gasteiger charge is 1.98. The zero-order chi connectivity index (χ0) is 11.1. The minimum Gasteiger partial charge on any atom is -0.512 e. The number of halogens is 1. The van der Waals surface area contributed by atoms with Gasteiger partial charge in [-0.05, 0) is 37.1 Å². The topological polar surface area (TPSA) is 20.2 Å². The van der Waals surface area contributed by atoms with Crippen molar-refractivity contribution in [3.8, 4) is 0 Å². The van der Waals surface area contributed by atoms with Crippen LogP contribution >= 0.6 is 0 Å². The fourth-order valence-electron chi connectivity index (χ4n) is 0.909. The van der Waals surface area contributed by atoms with Gasteiger partial charge in [0.25, 0.3) is 0 Å². The first-order valence-electron chi connectivity index (χ1n) is 4.23. The second-order valence-corrected chi connectivity index (χ2v) is 2.72. The molecule has 0 saturated heterocycles. The highest BCUT2D eigenvalue weighted by molar-refractivity contribution is 5.64. The van der Waals surface area contributed by atoms with Crippen molar-refractivity contribution in [1.29, 1.82) is 0 Å². The lowest BCUT2D eigenvalue weighted by Crippen LogP contribution is -1.84. The van der Waals surface area contributed by atoms with Gasteiger partial charge < -0.3 is 5.11 Å². The Morgan fingerprint density at radius 1 is 1.14 bits per heavy atom. The molecule has 0 unspecified atom stereocenters. The average molecular weight is 194 g/mol. The van der Waals surface area contributed by atoms with Gasteiger partial charge in [-0.2, -0.15) is 0 Å². The summed E-state index contributed by atoms with van der Waals surface area (Å²) in [6, 6.07) is 6.04. The first-order chi connectivity index (χ1) is 6.61. The van der Waals surface area contributed by atoms with E-state index in [9.17, 15) is 4.39 Å². The fraction of sp³-hybridized carbons (Fsp3) is 0.167. The molecule has 0 aliphatic heterocycles. The molecule has 1 aromatic rings. The zero-order valence-corrected chi connectivity index (χ0v) is 8.55. The van der Waals surface area contributed by atoms with E-state index in [-0.39, 0.29) is 11.6 Å². The third-order valence-corrected chi connectivity index (χ3v) is 1.82. The van der Waals surface area contributed by atoms with Crippen molar-refractivity contribution in [3.63, 3.8) is 0 Å². The summed E-state index contributed by atoms with van der Waals surface area (Å²) in [7, 11) is 0. The molecule has 0 heterocycles. The van der Waals surface area contributed by atoms with Crippen molar-refractivity contribution in [2.45, 2.75) is 13.8 Å². The molecule has 1 nitrogen and oxygen atoms in total. The van der Waals surface area contributed by atoms with Crippen LogP contribution in [0.2, 0.25) is 0 Å². The molecule has 2 heteroatoms. The molecule has 76 valence electrons. The van der Waals surface area contributed by atoms with Gasteiger partial charge in [-0.1, -0.05) is 12.1 Å². The van der Waals surface area contributed by atoms with Gasteiger partial charge in [0.05, 0.1) is 5.76 Å². The van der Waals surface area contributed by atoms with E-state index >= 15 is 0 Å². The van der Waals surface area contributed by atoms with Crippen LogP contribution in [0.3, 0.4) is 0 Å². The predicted octanol–water partition coefficient (Wildman–Crippen LogP) is 3.94. The van der Waals surface area contributed by atoms with Crippen LogP contribution in [0.1, 0.15) is 19.4 Å². The maximum Gasteiger partial charge on any atom is 0.123 e. The maximum atomic E-state index is 12.5. The van der Waals surface area contributed by atoms with Gasteiger partial charge >= 0.3 is 0 Å². The van der Waals surface area contributed by atoms with E-state index in [1.165, 1.54) is 12.1 Å². The lowest BCUT2D eigenvalue weighted by molar-refractivity contribution is 0.416. The fourth-order valence-corrected chi connectivity index (χ4v) is 0.909. The quantitative estimate of drug-likeness (QED) is 0.530. The monoisotopic (exact) mass is 194 g/mol. The van der Waals surface area contributed by atoms with Crippen LogP contribution in [0.15, 0.2) is 43.2 Å². The van der Waals surface area contributed by atoms with Crippen LogP contribution in [0.4, 0.5) is 4.39 Å². The Bertz CT molecular complexity index is 308. The molecule has 1 aromatic carbocycles. The normalized spacial score (nSPS) is 11.1. The molecule has 0 saturated carbocycles. The standard InChI is InChI=1S/C10H11FO.C2H4/c1-7(8(2)12)9-3-5-10(11)6-4-9;1-2/h3-6,12H,1-2H3;1-2H2/b8-7-;. The molecule has 0 aliphatic carbocycles. The minimum atomic E-state index is -0.262. The van der Waals surface area contributed by atoms with Crippen molar-refractivity contribution >= 4 is 5.57 Å². The van der Waals surface area contributed by atoms with Gasteiger partial charge in [0.15, 0.2) is 0 Å². The van der Waals surface area contributed by atoms with Crippen molar-refractivity contribution in [1.82, 2.24) is 0 Å². The second-order valence-electron chi connectivity index (χ2n) is 2.72. The van der Waals surface area contributed by atoms with Crippen molar-refractivity contribution in [2.75, 3.05) is 0 Å². The number of benzene rings is 1. The summed E-state index contributed by atoms with van der Waals surface area (Å²) in [6.45, 7) is 9.40. The molecule has 0 atom stereocenters. The molecule has 1 N–H and O–H groups in total. The van der Waals surface area contributed by atoms with Crippen molar-refractivity contribution in [2.24, 2.45) is 0 Å². The van der Waals surface area contributed by atoms with E-state index in [4.69, 9.17) is 5.11 Å². The molecular formula is C12H15FO. The zero-order valence-electron chi connectivity index (χ0n) is 8.55. The van der Waals surface area contributed by atoms with E-state index in [2.05, 4.69) is 13.2 Å². The molecule has 0 aliphatic rings. The van der Waals surface area contributed by atoms with Gasteiger partial charge in [-0.15, -0.1) is 13.2 Å². The highest BCUT2D eigenvalue weighted by atomic mass is 19.1. The largest absolute Gasteiger partial charge is 0.512 e. The average Bonchev–Trinajstić information content (AvgIpc) is 2.21. The Morgan fingerprint density at radius 2 is 1.57 bits per heavy atom. The van der Waals surface area contributed by atoms with E-state index < -0.39 is 0 Å².